The van der Waals surface area contributed by atoms with Gasteiger partial charge >= 0.3 is 13.6 Å². The summed E-state index contributed by atoms with van der Waals surface area (Å²) >= 11 is 0. The van der Waals surface area contributed by atoms with Gasteiger partial charge < -0.3 is 10.00 Å². The molecule has 0 aliphatic rings. The zero-order valence-corrected chi connectivity index (χ0v) is 16.5. The summed E-state index contributed by atoms with van der Waals surface area (Å²) in [5.74, 6) is -1.39. The zero-order chi connectivity index (χ0) is 20.1. The van der Waals surface area contributed by atoms with Crippen LogP contribution in [0.4, 0.5) is 0 Å². The monoisotopic (exact) mass is 398 g/mol. The third-order valence-electron chi connectivity index (χ3n) is 4.70. The van der Waals surface area contributed by atoms with E-state index < -0.39 is 19.7 Å². The van der Waals surface area contributed by atoms with Crippen molar-refractivity contribution in [1.82, 2.24) is 0 Å². The van der Waals surface area contributed by atoms with Crippen LogP contribution in [0.3, 0.4) is 0 Å². The predicted octanol–water partition coefficient (Wildman–Crippen LogP) is 5.19. The maximum atomic E-state index is 12.5. The highest BCUT2D eigenvalue weighted by atomic mass is 31.2. The van der Waals surface area contributed by atoms with Crippen molar-refractivity contribution in [2.24, 2.45) is 0 Å². The van der Waals surface area contributed by atoms with Gasteiger partial charge in [-0.05, 0) is 34.2 Å². The number of benzene rings is 3. The molecule has 0 saturated carbocycles. The van der Waals surface area contributed by atoms with Crippen LogP contribution >= 0.6 is 7.60 Å². The van der Waals surface area contributed by atoms with Crippen LogP contribution in [0.25, 0.3) is 10.8 Å². The van der Waals surface area contributed by atoms with Gasteiger partial charge in [0.15, 0.2) is 6.10 Å². The number of hydrogen-bond acceptors (Lipinski definition) is 3. The average Bonchev–Trinajstić information content (AvgIpc) is 2.67. The Morgan fingerprint density at radius 3 is 2.32 bits per heavy atom. The third-order valence-corrected chi connectivity index (χ3v) is 6.05. The van der Waals surface area contributed by atoms with Gasteiger partial charge in [0.1, 0.15) is 0 Å². The molecule has 0 heterocycles. The fraction of sp³-hybridized carbons (Fsp3) is 0.227. The molecule has 0 spiro atoms. The second-order valence-electron chi connectivity index (χ2n) is 6.96. The van der Waals surface area contributed by atoms with Gasteiger partial charge in [-0.25, -0.2) is 4.79 Å². The number of rotatable bonds is 8. The molecule has 0 amide bonds. The Hall–Kier alpha value is -2.46. The van der Waals surface area contributed by atoms with Gasteiger partial charge in [-0.2, -0.15) is 0 Å². The number of hydrogen-bond donors (Lipinski definition) is 2. The van der Waals surface area contributed by atoms with Crippen LogP contribution in [-0.4, -0.2) is 22.1 Å². The lowest BCUT2D eigenvalue weighted by molar-refractivity contribution is -0.146. The fourth-order valence-electron chi connectivity index (χ4n) is 3.21. The first-order valence-corrected chi connectivity index (χ1v) is 10.9. The number of carboxylic acids is 1. The Bertz CT molecular complexity index is 1000. The molecule has 3 atom stereocenters. The summed E-state index contributed by atoms with van der Waals surface area (Å²) in [4.78, 5) is 21.8. The van der Waals surface area contributed by atoms with Gasteiger partial charge in [0, 0.05) is 0 Å². The molecular formula is C22H23O5P. The van der Waals surface area contributed by atoms with Crippen molar-refractivity contribution in [2.75, 3.05) is 0 Å². The maximum absolute atomic E-state index is 12.5. The van der Waals surface area contributed by atoms with Crippen molar-refractivity contribution in [2.45, 2.75) is 31.5 Å². The molecule has 5 nitrogen and oxygen atoms in total. The average molecular weight is 398 g/mol. The Morgan fingerprint density at radius 1 is 1.00 bits per heavy atom. The van der Waals surface area contributed by atoms with Gasteiger partial charge in [0.2, 0.25) is 0 Å². The lowest BCUT2D eigenvalue weighted by Gasteiger charge is -2.21. The van der Waals surface area contributed by atoms with Crippen molar-refractivity contribution in [3.8, 4) is 0 Å². The molecule has 0 fully saturated rings. The summed E-state index contributed by atoms with van der Waals surface area (Å²) in [7, 11) is -4.09. The number of carbonyl (C=O) groups is 1. The molecule has 28 heavy (non-hydrogen) atoms. The topological polar surface area (TPSA) is 83.8 Å². The van der Waals surface area contributed by atoms with Crippen molar-refractivity contribution >= 4 is 24.3 Å². The zero-order valence-electron chi connectivity index (χ0n) is 15.6. The first-order valence-electron chi connectivity index (χ1n) is 9.10. The first kappa shape index (κ1) is 20.3. The molecule has 146 valence electrons. The Balaban J connectivity index is 1.72. The number of carboxylic acid groups (broad SMARTS) is 1. The van der Waals surface area contributed by atoms with E-state index in [2.05, 4.69) is 0 Å². The van der Waals surface area contributed by atoms with Crippen molar-refractivity contribution in [1.29, 1.82) is 0 Å². The molecule has 3 rings (SSSR count). The molecular weight excluding hydrogens is 375 g/mol. The lowest BCUT2D eigenvalue weighted by Crippen LogP contribution is -2.25. The van der Waals surface area contributed by atoms with Gasteiger partial charge in [0.25, 0.3) is 0 Å². The summed E-state index contributed by atoms with van der Waals surface area (Å²) in [6, 6.07) is 22.6. The van der Waals surface area contributed by atoms with Gasteiger partial charge in [0.05, 0.1) is 6.16 Å². The summed E-state index contributed by atoms with van der Waals surface area (Å²) in [5, 5.41) is 11.7. The highest BCUT2D eigenvalue weighted by Gasteiger charge is 2.31. The Morgan fingerprint density at radius 2 is 1.64 bits per heavy atom. The molecule has 3 aromatic rings. The smallest absolute Gasteiger partial charge is 0.333 e. The number of fused-ring (bicyclic) bond motifs is 1. The molecule has 2 N–H and O–H groups in total. The Labute approximate surface area is 164 Å². The normalized spacial score (nSPS) is 15.6. The highest BCUT2D eigenvalue weighted by molar-refractivity contribution is 7.52. The molecule has 0 bridgehead atoms. The summed E-state index contributed by atoms with van der Waals surface area (Å²) < 4.78 is 17.7. The third kappa shape index (κ3) is 5.29. The SMILES string of the molecule is CC(CC(OP(=O)(O)Cc1ccccc1)C(=O)O)c1ccc2ccccc2c1. The minimum Gasteiger partial charge on any atom is -0.479 e. The van der Waals surface area contributed by atoms with Crippen molar-refractivity contribution in [3.63, 3.8) is 0 Å². The maximum Gasteiger partial charge on any atom is 0.333 e. The minimum atomic E-state index is -4.09. The minimum absolute atomic E-state index is 0.104. The van der Waals surface area contributed by atoms with Gasteiger partial charge in [-0.1, -0.05) is 79.7 Å². The highest BCUT2D eigenvalue weighted by Crippen LogP contribution is 2.48. The first-order chi connectivity index (χ1) is 13.3. The van der Waals surface area contributed by atoms with Crippen LogP contribution in [-0.2, 0) is 20.0 Å². The molecule has 0 aliphatic heterocycles. The molecule has 0 saturated heterocycles. The fourth-order valence-corrected chi connectivity index (χ4v) is 4.53. The summed E-state index contributed by atoms with van der Waals surface area (Å²) in [6.07, 6.45) is -1.48. The molecule has 3 unspecified atom stereocenters. The predicted molar refractivity (Wildman–Crippen MR) is 109 cm³/mol. The van der Waals surface area contributed by atoms with E-state index in [-0.39, 0.29) is 18.5 Å². The second kappa shape index (κ2) is 8.70. The molecule has 0 aliphatic carbocycles. The van der Waals surface area contributed by atoms with Crippen LogP contribution in [0.2, 0.25) is 0 Å². The lowest BCUT2D eigenvalue weighted by atomic mass is 9.93. The largest absolute Gasteiger partial charge is 0.479 e. The van der Waals surface area contributed by atoms with Crippen LogP contribution in [0.15, 0.2) is 72.8 Å². The van der Waals surface area contributed by atoms with Gasteiger partial charge in [-0.3, -0.25) is 9.09 Å². The van der Waals surface area contributed by atoms with Crippen molar-refractivity contribution < 1.29 is 23.9 Å². The van der Waals surface area contributed by atoms with E-state index >= 15 is 0 Å². The van der Waals surface area contributed by atoms with Crippen LogP contribution in [0.1, 0.15) is 30.4 Å². The quantitative estimate of drug-likeness (QED) is 0.510. The molecule has 3 aromatic carbocycles. The van der Waals surface area contributed by atoms with E-state index in [1.54, 1.807) is 30.3 Å². The van der Waals surface area contributed by atoms with E-state index in [4.69, 9.17) is 4.52 Å². The molecule has 6 heteroatoms. The molecule has 0 aromatic heterocycles. The second-order valence-corrected chi connectivity index (χ2v) is 8.76. The van der Waals surface area contributed by atoms with Crippen molar-refractivity contribution in [3.05, 3.63) is 83.9 Å². The summed E-state index contributed by atoms with van der Waals surface area (Å²) in [5.41, 5.74) is 1.59. The van der Waals surface area contributed by atoms with Crippen LogP contribution < -0.4 is 0 Å². The van der Waals surface area contributed by atoms with E-state index in [1.165, 1.54) is 0 Å². The number of aliphatic carboxylic acids is 1. The van der Waals surface area contributed by atoms with E-state index in [1.807, 2.05) is 49.4 Å². The van der Waals surface area contributed by atoms with Gasteiger partial charge in [-0.15, -0.1) is 0 Å². The molecule has 0 radical (unpaired) electrons. The van der Waals surface area contributed by atoms with E-state index in [9.17, 15) is 19.4 Å². The standard InChI is InChI=1S/C22H23O5P/c1-16(19-12-11-18-9-5-6-10-20(18)14-19)13-21(22(23)24)27-28(25,26)15-17-7-3-2-4-8-17/h2-12,14,16,21H,13,15H2,1H3,(H,23,24)(H,25,26). The van der Waals surface area contributed by atoms with Crippen LogP contribution in [0.5, 0.6) is 0 Å². The summed E-state index contributed by atoms with van der Waals surface area (Å²) in [6.45, 7) is 1.89. The van der Waals surface area contributed by atoms with E-state index in [0.717, 1.165) is 16.3 Å². The van der Waals surface area contributed by atoms with Crippen LogP contribution in [0, 0.1) is 0 Å². The Kier molecular flexibility index (Phi) is 6.30. The van der Waals surface area contributed by atoms with E-state index in [0.29, 0.717) is 5.56 Å².